The van der Waals surface area contributed by atoms with E-state index in [4.69, 9.17) is 23.2 Å². The lowest BCUT2D eigenvalue weighted by atomic mass is 10.2. The molecular formula is C16H11Cl2N3O4S. The molecule has 7 nitrogen and oxygen atoms in total. The Morgan fingerprint density at radius 1 is 1.35 bits per heavy atom. The molecule has 134 valence electrons. The number of benzene rings is 1. The second-order valence-electron chi connectivity index (χ2n) is 5.36. The van der Waals surface area contributed by atoms with Gasteiger partial charge in [0, 0.05) is 10.4 Å². The molecule has 1 amide bonds. The van der Waals surface area contributed by atoms with Gasteiger partial charge >= 0.3 is 5.97 Å². The largest absolute Gasteiger partial charge is 0.478 e. The summed E-state index contributed by atoms with van der Waals surface area (Å²) in [5.74, 6) is -1.42. The molecule has 2 heterocycles. The van der Waals surface area contributed by atoms with Crippen molar-refractivity contribution in [2.75, 3.05) is 5.32 Å². The number of amides is 1. The predicted octanol–water partition coefficient (Wildman–Crippen LogP) is 3.41. The van der Waals surface area contributed by atoms with Gasteiger partial charge in [0.25, 0.3) is 5.56 Å². The summed E-state index contributed by atoms with van der Waals surface area (Å²) in [5, 5.41) is 13.8. The lowest BCUT2D eigenvalue weighted by molar-refractivity contribution is -0.116. The second kappa shape index (κ2) is 7.06. The van der Waals surface area contributed by atoms with Crippen LogP contribution in [0.2, 0.25) is 10.0 Å². The van der Waals surface area contributed by atoms with E-state index < -0.39 is 17.4 Å². The molecule has 2 N–H and O–H groups in total. The van der Waals surface area contributed by atoms with Crippen LogP contribution in [0.25, 0.3) is 10.2 Å². The standard InChI is InChI=1S/C16H11Cl2N3O4S/c1-7-19-14-13(9(6-26-14)16(24)25)15(23)21(7)5-12(22)20-11-3-2-8(17)4-10(11)18/h2-4,6H,5H2,1H3,(H,20,22)(H,24,25). The number of thiophene rings is 1. The molecule has 0 unspecified atom stereocenters. The Bertz CT molecular complexity index is 1110. The summed E-state index contributed by atoms with van der Waals surface area (Å²) < 4.78 is 1.13. The van der Waals surface area contributed by atoms with E-state index in [0.29, 0.717) is 21.4 Å². The van der Waals surface area contributed by atoms with Crippen molar-refractivity contribution in [2.24, 2.45) is 0 Å². The molecule has 0 saturated heterocycles. The highest BCUT2D eigenvalue weighted by Crippen LogP contribution is 2.25. The first-order valence-electron chi connectivity index (χ1n) is 7.24. The molecule has 10 heteroatoms. The topological polar surface area (TPSA) is 101 Å². The molecule has 0 fully saturated rings. The number of nitrogens with zero attached hydrogens (tertiary/aromatic N) is 2. The van der Waals surface area contributed by atoms with Crippen LogP contribution in [0, 0.1) is 6.92 Å². The molecule has 0 radical (unpaired) electrons. The molecule has 0 atom stereocenters. The van der Waals surface area contributed by atoms with E-state index >= 15 is 0 Å². The Balaban J connectivity index is 1.95. The fraction of sp³-hybridized carbons (Fsp3) is 0.125. The van der Waals surface area contributed by atoms with Gasteiger partial charge in [-0.3, -0.25) is 14.2 Å². The van der Waals surface area contributed by atoms with Crippen molar-refractivity contribution < 1.29 is 14.7 Å². The smallest absolute Gasteiger partial charge is 0.337 e. The maximum atomic E-state index is 12.7. The fourth-order valence-electron chi connectivity index (χ4n) is 2.39. The minimum Gasteiger partial charge on any atom is -0.478 e. The average Bonchev–Trinajstić information content (AvgIpc) is 2.98. The maximum Gasteiger partial charge on any atom is 0.337 e. The van der Waals surface area contributed by atoms with Crippen LogP contribution in [0.4, 0.5) is 5.69 Å². The van der Waals surface area contributed by atoms with Gasteiger partial charge < -0.3 is 10.4 Å². The minimum absolute atomic E-state index is 0.00887. The summed E-state index contributed by atoms with van der Waals surface area (Å²) in [7, 11) is 0. The molecule has 26 heavy (non-hydrogen) atoms. The average molecular weight is 412 g/mol. The van der Waals surface area contributed by atoms with E-state index in [2.05, 4.69) is 10.3 Å². The van der Waals surface area contributed by atoms with Crippen molar-refractivity contribution in [1.29, 1.82) is 0 Å². The molecule has 0 aliphatic heterocycles. The third-order valence-corrected chi connectivity index (χ3v) is 5.04. The predicted molar refractivity (Wildman–Crippen MR) is 101 cm³/mol. The highest BCUT2D eigenvalue weighted by atomic mass is 35.5. The molecule has 0 aliphatic rings. The number of hydrogen-bond acceptors (Lipinski definition) is 5. The SMILES string of the molecule is Cc1nc2scc(C(=O)O)c2c(=O)n1CC(=O)Nc1ccc(Cl)cc1Cl. The number of anilines is 1. The number of aryl methyl sites for hydroxylation is 1. The molecule has 0 saturated carbocycles. The Morgan fingerprint density at radius 3 is 2.73 bits per heavy atom. The van der Waals surface area contributed by atoms with Gasteiger partial charge in [0.2, 0.25) is 5.91 Å². The highest BCUT2D eigenvalue weighted by molar-refractivity contribution is 7.17. The lowest BCUT2D eigenvalue weighted by Crippen LogP contribution is -2.30. The van der Waals surface area contributed by atoms with Gasteiger partial charge in [-0.25, -0.2) is 9.78 Å². The third-order valence-electron chi connectivity index (χ3n) is 3.62. The minimum atomic E-state index is -1.22. The third kappa shape index (κ3) is 3.44. The first kappa shape index (κ1) is 18.4. The molecule has 1 aromatic carbocycles. The zero-order valence-corrected chi connectivity index (χ0v) is 15.6. The van der Waals surface area contributed by atoms with Gasteiger partial charge in [0.1, 0.15) is 17.2 Å². The lowest BCUT2D eigenvalue weighted by Gasteiger charge is -2.11. The number of hydrogen-bond donors (Lipinski definition) is 2. The fourth-order valence-corrected chi connectivity index (χ4v) is 3.80. The monoisotopic (exact) mass is 411 g/mol. The van der Waals surface area contributed by atoms with Crippen molar-refractivity contribution >= 4 is 62.3 Å². The number of carboxylic acids is 1. The summed E-state index contributed by atoms with van der Waals surface area (Å²) >= 11 is 12.9. The zero-order valence-electron chi connectivity index (χ0n) is 13.2. The van der Waals surface area contributed by atoms with Crippen LogP contribution in [0.5, 0.6) is 0 Å². The van der Waals surface area contributed by atoms with Crippen LogP contribution in [0.1, 0.15) is 16.2 Å². The number of nitrogens with one attached hydrogen (secondary N) is 1. The van der Waals surface area contributed by atoms with Crippen molar-refractivity contribution in [3.8, 4) is 0 Å². The van der Waals surface area contributed by atoms with E-state index in [1.807, 2.05) is 0 Å². The number of carbonyl (C=O) groups is 2. The van der Waals surface area contributed by atoms with Crippen LogP contribution >= 0.6 is 34.5 Å². The summed E-state index contributed by atoms with van der Waals surface area (Å²) in [5.41, 5.74) is -0.358. The van der Waals surface area contributed by atoms with E-state index in [-0.39, 0.29) is 22.5 Å². The van der Waals surface area contributed by atoms with Gasteiger partial charge in [0.05, 0.1) is 21.7 Å². The quantitative estimate of drug-likeness (QED) is 0.684. The van der Waals surface area contributed by atoms with Crippen molar-refractivity contribution in [3.05, 3.63) is 55.4 Å². The zero-order chi connectivity index (χ0) is 19.0. The first-order chi connectivity index (χ1) is 12.3. The van der Waals surface area contributed by atoms with Crippen LogP contribution < -0.4 is 10.9 Å². The van der Waals surface area contributed by atoms with Gasteiger partial charge in [-0.1, -0.05) is 23.2 Å². The number of aromatic nitrogens is 2. The normalized spacial score (nSPS) is 10.9. The summed E-state index contributed by atoms with van der Waals surface area (Å²) in [4.78, 5) is 40.8. The van der Waals surface area contributed by atoms with Crippen LogP contribution in [-0.2, 0) is 11.3 Å². The van der Waals surface area contributed by atoms with Gasteiger partial charge in [-0.05, 0) is 25.1 Å². The Morgan fingerprint density at radius 2 is 2.08 bits per heavy atom. The van der Waals surface area contributed by atoms with Gasteiger partial charge in [0.15, 0.2) is 0 Å². The number of carbonyl (C=O) groups excluding carboxylic acids is 1. The van der Waals surface area contributed by atoms with Crippen molar-refractivity contribution in [3.63, 3.8) is 0 Å². The van der Waals surface area contributed by atoms with Crippen LogP contribution in [0.3, 0.4) is 0 Å². The molecule has 3 rings (SSSR count). The number of carboxylic acid groups (broad SMARTS) is 1. The van der Waals surface area contributed by atoms with E-state index in [0.717, 1.165) is 15.9 Å². The van der Waals surface area contributed by atoms with E-state index in [1.54, 1.807) is 19.1 Å². The summed E-state index contributed by atoms with van der Waals surface area (Å²) in [6.45, 7) is 1.24. The molecule has 0 bridgehead atoms. The number of halogens is 2. The highest BCUT2D eigenvalue weighted by Gasteiger charge is 2.19. The Kier molecular flexibility index (Phi) is 4.99. The number of aromatic carboxylic acids is 1. The number of rotatable bonds is 4. The molecular weight excluding hydrogens is 401 g/mol. The maximum absolute atomic E-state index is 12.7. The molecule has 2 aromatic heterocycles. The Hall–Kier alpha value is -2.42. The van der Waals surface area contributed by atoms with E-state index in [9.17, 15) is 19.5 Å². The summed E-state index contributed by atoms with van der Waals surface area (Å²) in [6.07, 6.45) is 0. The van der Waals surface area contributed by atoms with Crippen molar-refractivity contribution in [2.45, 2.75) is 13.5 Å². The van der Waals surface area contributed by atoms with Gasteiger partial charge in [-0.2, -0.15) is 0 Å². The van der Waals surface area contributed by atoms with Crippen LogP contribution in [0.15, 0.2) is 28.4 Å². The van der Waals surface area contributed by atoms with Gasteiger partial charge in [-0.15, -0.1) is 11.3 Å². The van der Waals surface area contributed by atoms with Crippen molar-refractivity contribution in [1.82, 2.24) is 9.55 Å². The molecule has 0 spiro atoms. The molecule has 3 aromatic rings. The number of fused-ring (bicyclic) bond motifs is 1. The Labute approximate surface area is 160 Å². The van der Waals surface area contributed by atoms with Crippen LogP contribution in [-0.4, -0.2) is 26.5 Å². The summed E-state index contributed by atoms with van der Waals surface area (Å²) in [6, 6.07) is 4.59. The first-order valence-corrected chi connectivity index (χ1v) is 8.88. The van der Waals surface area contributed by atoms with E-state index in [1.165, 1.54) is 11.4 Å². The second-order valence-corrected chi connectivity index (χ2v) is 7.06. The molecule has 0 aliphatic carbocycles.